The summed E-state index contributed by atoms with van der Waals surface area (Å²) >= 11 is 0. The Bertz CT molecular complexity index is 286. The maximum atomic E-state index is 12.2. The first-order valence-corrected chi connectivity index (χ1v) is 4.11. The average Bonchev–Trinajstić information content (AvgIpc) is 2.29. The average molecular weight is 226 g/mol. The van der Waals surface area contributed by atoms with Crippen molar-refractivity contribution in [2.45, 2.75) is 26.8 Å². The minimum Gasteiger partial charge on any atom is -0.396 e. The van der Waals surface area contributed by atoms with Gasteiger partial charge >= 0.3 is 0 Å². The van der Waals surface area contributed by atoms with Crippen LogP contribution in [0.3, 0.4) is 0 Å². The molecule has 0 aliphatic carbocycles. The third-order valence-corrected chi connectivity index (χ3v) is 1.58. The highest BCUT2D eigenvalue weighted by atomic mass is 35.5. The molecule has 0 aromatic carbocycles. The summed E-state index contributed by atoms with van der Waals surface area (Å²) in [5.74, 6) is 0.366. The largest absolute Gasteiger partial charge is 0.396 e. The number of alkyl halides is 2. The van der Waals surface area contributed by atoms with E-state index in [1.54, 1.807) is 0 Å². The molecule has 3 nitrogen and oxygen atoms in total. The Hall–Kier alpha value is -0.840. The van der Waals surface area contributed by atoms with Crippen LogP contribution in [0.2, 0.25) is 0 Å². The van der Waals surface area contributed by atoms with Crippen molar-refractivity contribution in [3.63, 3.8) is 0 Å². The van der Waals surface area contributed by atoms with Gasteiger partial charge in [-0.1, -0.05) is 13.8 Å². The van der Waals surface area contributed by atoms with Crippen LogP contribution in [0, 0.1) is 5.92 Å². The molecule has 0 fully saturated rings. The number of rotatable bonds is 3. The van der Waals surface area contributed by atoms with Gasteiger partial charge in [0, 0.05) is 12.7 Å². The molecule has 1 aromatic rings. The van der Waals surface area contributed by atoms with Gasteiger partial charge in [-0.05, 0) is 5.92 Å². The molecule has 0 aliphatic heterocycles. The van der Waals surface area contributed by atoms with Crippen LogP contribution in [0.5, 0.6) is 0 Å². The minimum absolute atomic E-state index is 0. The number of nitrogen functional groups attached to an aromatic ring is 1. The maximum absolute atomic E-state index is 12.2. The molecule has 0 saturated carbocycles. The molecule has 0 saturated heterocycles. The van der Waals surface area contributed by atoms with Gasteiger partial charge in [0.1, 0.15) is 0 Å². The van der Waals surface area contributed by atoms with Crippen LogP contribution in [-0.4, -0.2) is 9.78 Å². The van der Waals surface area contributed by atoms with E-state index in [0.29, 0.717) is 12.5 Å². The smallest absolute Gasteiger partial charge is 0.284 e. The van der Waals surface area contributed by atoms with E-state index in [1.165, 1.54) is 10.9 Å². The maximum Gasteiger partial charge on any atom is 0.284 e. The molecule has 0 bridgehead atoms. The fourth-order valence-electron chi connectivity index (χ4n) is 1.09. The highest BCUT2D eigenvalue weighted by Gasteiger charge is 2.16. The minimum atomic E-state index is -2.59. The van der Waals surface area contributed by atoms with Gasteiger partial charge in [-0.3, -0.25) is 4.68 Å². The summed E-state index contributed by atoms with van der Waals surface area (Å²) in [6.45, 7) is 4.58. The van der Waals surface area contributed by atoms with Crippen LogP contribution in [-0.2, 0) is 6.54 Å². The summed E-state index contributed by atoms with van der Waals surface area (Å²) in [5, 5.41) is 3.69. The summed E-state index contributed by atoms with van der Waals surface area (Å²) < 4.78 is 25.9. The van der Waals surface area contributed by atoms with E-state index in [9.17, 15) is 8.78 Å². The standard InChI is InChI=1S/C8H13F2N3.ClH/c1-5(2)3-13-4-6(11)7(12-13)8(9)10;/h4-5,8H,3,11H2,1-2H3;1H. The van der Waals surface area contributed by atoms with Gasteiger partial charge in [-0.2, -0.15) is 5.10 Å². The Kier molecular flexibility index (Phi) is 4.83. The van der Waals surface area contributed by atoms with E-state index in [0.717, 1.165) is 0 Å². The predicted octanol–water partition coefficient (Wildman–Crippen LogP) is 2.48. The summed E-state index contributed by atoms with van der Waals surface area (Å²) in [4.78, 5) is 0. The van der Waals surface area contributed by atoms with E-state index < -0.39 is 6.43 Å². The van der Waals surface area contributed by atoms with Gasteiger partial charge in [0.2, 0.25) is 0 Å². The molecule has 0 spiro atoms. The van der Waals surface area contributed by atoms with Crippen molar-refractivity contribution in [3.8, 4) is 0 Å². The van der Waals surface area contributed by atoms with Gasteiger partial charge in [0.15, 0.2) is 5.69 Å². The molecule has 0 atom stereocenters. The Labute approximate surface area is 87.7 Å². The Morgan fingerprint density at radius 3 is 2.43 bits per heavy atom. The first-order chi connectivity index (χ1) is 6.00. The normalized spacial score (nSPS) is 10.7. The summed E-state index contributed by atoms with van der Waals surface area (Å²) in [7, 11) is 0. The van der Waals surface area contributed by atoms with Crippen LogP contribution in [0.1, 0.15) is 26.0 Å². The number of halogens is 3. The van der Waals surface area contributed by atoms with Gasteiger partial charge in [-0.25, -0.2) is 8.78 Å². The second-order valence-corrected chi connectivity index (χ2v) is 3.39. The predicted molar refractivity (Wildman–Crippen MR) is 53.7 cm³/mol. The molecule has 0 aliphatic rings. The van der Waals surface area contributed by atoms with Crippen molar-refractivity contribution in [1.82, 2.24) is 9.78 Å². The first-order valence-electron chi connectivity index (χ1n) is 4.11. The highest BCUT2D eigenvalue weighted by Crippen LogP contribution is 2.22. The number of nitrogens with two attached hydrogens (primary N) is 1. The fraction of sp³-hybridized carbons (Fsp3) is 0.625. The number of hydrogen-bond donors (Lipinski definition) is 1. The third kappa shape index (κ3) is 3.14. The van der Waals surface area contributed by atoms with Crippen LogP contribution < -0.4 is 5.73 Å². The van der Waals surface area contributed by atoms with Crippen LogP contribution in [0.4, 0.5) is 14.5 Å². The molecule has 1 rings (SSSR count). The molecule has 82 valence electrons. The van der Waals surface area contributed by atoms with Gasteiger partial charge in [-0.15, -0.1) is 12.4 Å². The lowest BCUT2D eigenvalue weighted by Crippen LogP contribution is -2.05. The van der Waals surface area contributed by atoms with Crippen molar-refractivity contribution >= 4 is 18.1 Å². The second kappa shape index (κ2) is 5.14. The number of hydrogen-bond acceptors (Lipinski definition) is 2. The van der Waals surface area contributed by atoms with Crippen molar-refractivity contribution in [1.29, 1.82) is 0 Å². The molecule has 14 heavy (non-hydrogen) atoms. The summed E-state index contributed by atoms with van der Waals surface area (Å²) in [6.07, 6.45) is -1.14. The highest BCUT2D eigenvalue weighted by molar-refractivity contribution is 5.85. The molecule has 1 heterocycles. The van der Waals surface area contributed by atoms with E-state index in [1.807, 2.05) is 13.8 Å². The number of aromatic nitrogens is 2. The molecule has 2 N–H and O–H groups in total. The fourth-order valence-corrected chi connectivity index (χ4v) is 1.09. The zero-order chi connectivity index (χ0) is 10.0. The van der Waals surface area contributed by atoms with E-state index in [-0.39, 0.29) is 23.8 Å². The molecular weight excluding hydrogens is 212 g/mol. The molecule has 0 unspecified atom stereocenters. The van der Waals surface area contributed by atoms with Crippen molar-refractivity contribution in [2.75, 3.05) is 5.73 Å². The third-order valence-electron chi connectivity index (χ3n) is 1.58. The Morgan fingerprint density at radius 2 is 2.07 bits per heavy atom. The van der Waals surface area contributed by atoms with Crippen molar-refractivity contribution in [3.05, 3.63) is 11.9 Å². The molecule has 0 radical (unpaired) electrons. The zero-order valence-electron chi connectivity index (χ0n) is 8.08. The number of nitrogens with zero attached hydrogens (tertiary/aromatic N) is 2. The second-order valence-electron chi connectivity index (χ2n) is 3.39. The van der Waals surface area contributed by atoms with E-state index in [2.05, 4.69) is 5.10 Å². The van der Waals surface area contributed by atoms with E-state index >= 15 is 0 Å². The molecule has 0 amide bonds. The van der Waals surface area contributed by atoms with Crippen LogP contribution in [0.25, 0.3) is 0 Å². The lowest BCUT2D eigenvalue weighted by molar-refractivity contribution is 0.145. The van der Waals surface area contributed by atoms with Crippen LogP contribution in [0.15, 0.2) is 6.20 Å². The van der Waals surface area contributed by atoms with Crippen LogP contribution >= 0.6 is 12.4 Å². The quantitative estimate of drug-likeness (QED) is 0.859. The monoisotopic (exact) mass is 225 g/mol. The van der Waals surface area contributed by atoms with Crippen molar-refractivity contribution < 1.29 is 8.78 Å². The topological polar surface area (TPSA) is 43.8 Å². The summed E-state index contributed by atoms with van der Waals surface area (Å²) in [6, 6.07) is 0. The van der Waals surface area contributed by atoms with Gasteiger partial charge in [0.05, 0.1) is 5.69 Å². The lowest BCUT2D eigenvalue weighted by atomic mass is 10.2. The molecule has 1 aromatic heterocycles. The molecule has 6 heteroatoms. The van der Waals surface area contributed by atoms with E-state index in [4.69, 9.17) is 5.73 Å². The summed E-state index contributed by atoms with van der Waals surface area (Å²) in [5.41, 5.74) is 5.10. The first kappa shape index (κ1) is 13.2. The Balaban J connectivity index is 0.00000169. The van der Waals surface area contributed by atoms with Gasteiger partial charge < -0.3 is 5.73 Å². The SMILES string of the molecule is CC(C)Cn1cc(N)c(C(F)F)n1.Cl. The Morgan fingerprint density at radius 1 is 1.50 bits per heavy atom. The lowest BCUT2D eigenvalue weighted by Gasteiger charge is -2.03. The van der Waals surface area contributed by atoms with Gasteiger partial charge in [0.25, 0.3) is 6.43 Å². The number of anilines is 1. The van der Waals surface area contributed by atoms with Crippen molar-refractivity contribution in [2.24, 2.45) is 5.92 Å². The zero-order valence-corrected chi connectivity index (χ0v) is 8.89. The molecular formula is C8H14ClF2N3.